The maximum atomic E-state index is 13.3. The molecular weight excluding hydrogens is 562 g/mol. The summed E-state index contributed by atoms with van der Waals surface area (Å²) in [5.41, 5.74) is 21.4. The van der Waals surface area contributed by atoms with Crippen molar-refractivity contribution in [2.45, 2.75) is 46.3 Å². The molecule has 14 heteroatoms. The van der Waals surface area contributed by atoms with Crippen LogP contribution in [0.3, 0.4) is 0 Å². The van der Waals surface area contributed by atoms with Gasteiger partial charge >= 0.3 is 0 Å². The molecule has 44 heavy (non-hydrogen) atoms. The number of nitrogens with zero attached hydrogens (tertiary/aromatic N) is 7. The SMILES string of the molecule is CCn1nc(C)cc1Nc1nc2cc(C(N)=O)ccc2n1CC1CCN(C(=O)Cn2c(N)nc3cc(C(N)=O)ccc32)CC1. The number of anilines is 3. The van der Waals surface area contributed by atoms with Gasteiger partial charge < -0.3 is 36.6 Å². The topological polar surface area (TPSA) is 198 Å². The summed E-state index contributed by atoms with van der Waals surface area (Å²) in [6.45, 7) is 6.60. The number of aromatic nitrogens is 6. The van der Waals surface area contributed by atoms with Crippen LogP contribution in [-0.4, -0.2) is 64.6 Å². The van der Waals surface area contributed by atoms with Crippen LogP contribution in [-0.2, 0) is 24.4 Å². The number of hydrogen-bond donors (Lipinski definition) is 4. The number of nitrogens with two attached hydrogens (primary N) is 3. The van der Waals surface area contributed by atoms with Crippen LogP contribution in [0.1, 0.15) is 46.2 Å². The largest absolute Gasteiger partial charge is 0.369 e. The van der Waals surface area contributed by atoms with Crippen molar-refractivity contribution in [1.29, 1.82) is 0 Å². The van der Waals surface area contributed by atoms with E-state index in [0.29, 0.717) is 59.8 Å². The minimum absolute atomic E-state index is 0.0500. The van der Waals surface area contributed by atoms with Crippen molar-refractivity contribution in [2.75, 3.05) is 24.1 Å². The van der Waals surface area contributed by atoms with Crippen LogP contribution in [0.4, 0.5) is 17.7 Å². The van der Waals surface area contributed by atoms with Crippen molar-refractivity contribution in [3.8, 4) is 0 Å². The van der Waals surface area contributed by atoms with E-state index in [-0.39, 0.29) is 24.3 Å². The average molecular weight is 598 g/mol. The molecule has 0 atom stereocenters. The monoisotopic (exact) mass is 597 g/mol. The van der Waals surface area contributed by atoms with Crippen molar-refractivity contribution in [1.82, 2.24) is 33.8 Å². The predicted octanol–water partition coefficient (Wildman–Crippen LogP) is 2.37. The van der Waals surface area contributed by atoms with E-state index in [1.807, 2.05) is 35.6 Å². The van der Waals surface area contributed by atoms with Gasteiger partial charge in [-0.05, 0) is 69.0 Å². The first-order chi connectivity index (χ1) is 21.1. The summed E-state index contributed by atoms with van der Waals surface area (Å²) in [4.78, 5) is 47.7. The number of hydrogen-bond acceptors (Lipinski definition) is 8. The van der Waals surface area contributed by atoms with Crippen molar-refractivity contribution in [2.24, 2.45) is 17.4 Å². The minimum atomic E-state index is -0.552. The molecule has 228 valence electrons. The average Bonchev–Trinajstić information content (AvgIpc) is 3.64. The van der Waals surface area contributed by atoms with Crippen LogP contribution in [0.15, 0.2) is 42.5 Å². The molecule has 7 N–H and O–H groups in total. The number of nitrogen functional groups attached to an aromatic ring is 1. The molecule has 14 nitrogen and oxygen atoms in total. The number of nitrogens with one attached hydrogen (secondary N) is 1. The zero-order valence-corrected chi connectivity index (χ0v) is 24.7. The summed E-state index contributed by atoms with van der Waals surface area (Å²) in [6, 6.07) is 12.2. The molecule has 1 aliphatic heterocycles. The highest BCUT2D eigenvalue weighted by atomic mass is 16.2. The molecule has 2 aromatic carbocycles. The Morgan fingerprint density at radius 1 is 0.909 bits per heavy atom. The van der Waals surface area contributed by atoms with Crippen molar-refractivity contribution < 1.29 is 14.4 Å². The molecule has 0 spiro atoms. The fourth-order valence-electron chi connectivity index (χ4n) is 5.89. The molecule has 0 unspecified atom stereocenters. The molecule has 4 heterocycles. The zero-order valence-electron chi connectivity index (χ0n) is 24.7. The highest BCUT2D eigenvalue weighted by molar-refractivity contribution is 5.97. The van der Waals surface area contributed by atoms with Crippen LogP contribution in [0.2, 0.25) is 0 Å². The van der Waals surface area contributed by atoms with E-state index < -0.39 is 11.8 Å². The van der Waals surface area contributed by atoms with E-state index >= 15 is 0 Å². The first kappa shape index (κ1) is 28.7. The molecule has 1 saturated heterocycles. The number of amides is 3. The van der Waals surface area contributed by atoms with Crippen LogP contribution in [0.5, 0.6) is 0 Å². The number of carbonyl (C=O) groups is 3. The van der Waals surface area contributed by atoms with Gasteiger partial charge in [-0.2, -0.15) is 5.10 Å². The van der Waals surface area contributed by atoms with Gasteiger partial charge in [-0.15, -0.1) is 0 Å². The third kappa shape index (κ3) is 5.41. The molecule has 1 aliphatic rings. The number of imidazole rings is 2. The molecule has 6 rings (SSSR count). The number of carbonyl (C=O) groups excluding carboxylic acids is 3. The Bertz CT molecular complexity index is 1910. The van der Waals surface area contributed by atoms with Gasteiger partial charge in [-0.25, -0.2) is 14.6 Å². The lowest BCUT2D eigenvalue weighted by molar-refractivity contribution is -0.133. The summed E-state index contributed by atoms with van der Waals surface area (Å²) < 4.78 is 5.67. The van der Waals surface area contributed by atoms with Gasteiger partial charge in [-0.3, -0.25) is 14.4 Å². The van der Waals surface area contributed by atoms with Crippen molar-refractivity contribution in [3.05, 3.63) is 59.3 Å². The highest BCUT2D eigenvalue weighted by Gasteiger charge is 2.26. The van der Waals surface area contributed by atoms with Crippen LogP contribution in [0, 0.1) is 12.8 Å². The lowest BCUT2D eigenvalue weighted by Gasteiger charge is -2.32. The number of primary amides is 2. The van der Waals surface area contributed by atoms with E-state index in [9.17, 15) is 14.4 Å². The van der Waals surface area contributed by atoms with Crippen LogP contribution >= 0.6 is 0 Å². The Kier molecular flexibility index (Phi) is 7.41. The molecule has 1 fully saturated rings. The second-order valence-electron chi connectivity index (χ2n) is 11.2. The molecule has 0 aliphatic carbocycles. The fraction of sp³-hybridized carbons (Fsp3) is 0.333. The molecular formula is C30H35N11O3. The van der Waals surface area contributed by atoms with Gasteiger partial charge in [0.1, 0.15) is 12.4 Å². The predicted molar refractivity (Wildman–Crippen MR) is 166 cm³/mol. The molecule has 5 aromatic rings. The number of aryl methyl sites for hydroxylation is 2. The van der Waals surface area contributed by atoms with Crippen LogP contribution < -0.4 is 22.5 Å². The van der Waals surface area contributed by atoms with Gasteiger partial charge in [0.2, 0.25) is 29.6 Å². The third-order valence-corrected chi connectivity index (χ3v) is 8.24. The molecule has 0 radical (unpaired) electrons. The Labute approximate surface area is 252 Å². The van der Waals surface area contributed by atoms with E-state index in [1.165, 1.54) is 0 Å². The Balaban J connectivity index is 1.18. The lowest BCUT2D eigenvalue weighted by atomic mass is 9.96. The van der Waals surface area contributed by atoms with Gasteiger partial charge in [0.15, 0.2) is 0 Å². The number of rotatable bonds is 9. The maximum absolute atomic E-state index is 13.3. The lowest BCUT2D eigenvalue weighted by Crippen LogP contribution is -2.41. The van der Waals surface area contributed by atoms with Crippen molar-refractivity contribution in [3.63, 3.8) is 0 Å². The second kappa shape index (κ2) is 11.4. The molecule has 0 bridgehead atoms. The molecule has 3 amide bonds. The summed E-state index contributed by atoms with van der Waals surface area (Å²) in [6.07, 6.45) is 1.61. The normalized spacial score (nSPS) is 14.0. The number of likely N-dealkylation sites (tertiary alicyclic amines) is 1. The smallest absolute Gasteiger partial charge is 0.248 e. The molecule has 3 aromatic heterocycles. The highest BCUT2D eigenvalue weighted by Crippen LogP contribution is 2.29. The number of piperidine rings is 1. The van der Waals surface area contributed by atoms with E-state index in [2.05, 4.69) is 20.0 Å². The van der Waals surface area contributed by atoms with Crippen LogP contribution in [0.25, 0.3) is 22.1 Å². The number of fused-ring (bicyclic) bond motifs is 2. The summed E-state index contributed by atoms with van der Waals surface area (Å²) in [5.74, 6) is 0.863. The minimum Gasteiger partial charge on any atom is -0.369 e. The van der Waals surface area contributed by atoms with Gasteiger partial charge in [-0.1, -0.05) is 0 Å². The van der Waals surface area contributed by atoms with E-state index in [0.717, 1.165) is 29.9 Å². The summed E-state index contributed by atoms with van der Waals surface area (Å²) in [5, 5.41) is 7.98. The first-order valence-corrected chi connectivity index (χ1v) is 14.6. The quantitative estimate of drug-likeness (QED) is 0.198. The summed E-state index contributed by atoms with van der Waals surface area (Å²) in [7, 11) is 0. The second-order valence-corrected chi connectivity index (χ2v) is 11.2. The Morgan fingerprint density at radius 3 is 2.14 bits per heavy atom. The third-order valence-electron chi connectivity index (χ3n) is 8.24. The standard InChI is InChI=1S/C30H35N11O3/c1-3-41-25(12-17(2)37-41)36-30-35-22-14-20(28(32)44)5-7-24(22)40(30)15-18-8-10-38(11-9-18)26(42)16-39-23-6-4-19(27(31)43)13-21(23)34-29(39)33/h4-7,12-14,18H,3,8-11,15-16H2,1-2H3,(H2,31,43)(H2,32,44)(H2,33,34)(H,35,36). The summed E-state index contributed by atoms with van der Waals surface area (Å²) >= 11 is 0. The number of benzene rings is 2. The fourth-order valence-corrected chi connectivity index (χ4v) is 5.89. The van der Waals surface area contributed by atoms with Gasteiger partial charge in [0.25, 0.3) is 0 Å². The maximum Gasteiger partial charge on any atom is 0.248 e. The van der Waals surface area contributed by atoms with Crippen molar-refractivity contribution >= 4 is 57.5 Å². The van der Waals surface area contributed by atoms with E-state index in [4.69, 9.17) is 22.2 Å². The first-order valence-electron chi connectivity index (χ1n) is 14.6. The Morgan fingerprint density at radius 2 is 1.52 bits per heavy atom. The van der Waals surface area contributed by atoms with Gasteiger partial charge in [0.05, 0.1) is 27.8 Å². The van der Waals surface area contributed by atoms with E-state index in [1.54, 1.807) is 34.9 Å². The molecule has 0 saturated carbocycles. The van der Waals surface area contributed by atoms with Gasteiger partial charge in [0, 0.05) is 43.4 Å². The zero-order chi connectivity index (χ0) is 31.1. The Hall–Kier alpha value is -5.40.